The first-order chi connectivity index (χ1) is 7.29. The van der Waals surface area contributed by atoms with Gasteiger partial charge in [0.1, 0.15) is 12.5 Å². The number of hydrogen-bond donors (Lipinski definition) is 1. The topological polar surface area (TPSA) is 50.2 Å². The molecule has 0 bridgehead atoms. The van der Waals surface area contributed by atoms with E-state index in [4.69, 9.17) is 9.90 Å². The minimum absolute atomic E-state index is 0.322. The van der Waals surface area contributed by atoms with Crippen molar-refractivity contribution in [3.63, 3.8) is 0 Å². The molecule has 0 atom stereocenters. The molecule has 0 saturated heterocycles. The van der Waals surface area contributed by atoms with E-state index in [9.17, 15) is 0 Å². The van der Waals surface area contributed by atoms with Crippen molar-refractivity contribution in [3.05, 3.63) is 46.9 Å². The van der Waals surface area contributed by atoms with E-state index in [2.05, 4.69) is 4.98 Å². The Labute approximate surface area is 93.0 Å². The van der Waals surface area contributed by atoms with Crippen LogP contribution in [0.25, 0.3) is 0 Å². The smallest absolute Gasteiger partial charge is 0.115 e. The van der Waals surface area contributed by atoms with E-state index < -0.39 is 0 Å². The molecule has 1 N–H and O–H groups in total. The summed E-state index contributed by atoms with van der Waals surface area (Å²) in [7, 11) is 0. The zero-order chi connectivity index (χ0) is 11.5. The summed E-state index contributed by atoms with van der Waals surface area (Å²) in [6.07, 6.45) is 1.85. The number of benzene rings is 1. The molecule has 2 aromatic rings. The fourth-order valence-electron chi connectivity index (χ4n) is 0.707. The molecule has 0 amide bonds. The summed E-state index contributed by atoms with van der Waals surface area (Å²) in [6, 6.07) is 8.71. The van der Waals surface area contributed by atoms with Crippen molar-refractivity contribution in [2.75, 3.05) is 0 Å². The van der Waals surface area contributed by atoms with E-state index >= 15 is 0 Å². The molecule has 15 heavy (non-hydrogen) atoms. The first kappa shape index (κ1) is 13.3. The Bertz CT molecular complexity index is 335. The second-order valence-corrected chi connectivity index (χ2v) is 3.54. The van der Waals surface area contributed by atoms with Gasteiger partial charge in [0, 0.05) is 11.1 Å². The molecule has 80 valence electrons. The number of aromatic hydroxyl groups is 1. The third-order valence-electron chi connectivity index (χ3n) is 1.31. The highest BCUT2D eigenvalue weighted by molar-refractivity contribution is 7.09. The zero-order valence-electron chi connectivity index (χ0n) is 8.46. The normalized spacial score (nSPS) is 7.80. The van der Waals surface area contributed by atoms with Crippen molar-refractivity contribution in [1.82, 2.24) is 4.98 Å². The maximum atomic E-state index is 8.63. The van der Waals surface area contributed by atoms with Crippen LogP contribution in [0.15, 0.2) is 42.0 Å². The number of nitrogens with zero attached hydrogens (tertiary/aromatic N) is 1. The molecule has 1 heterocycles. The van der Waals surface area contributed by atoms with Crippen LogP contribution in [-0.2, 0) is 4.79 Å². The van der Waals surface area contributed by atoms with Gasteiger partial charge in [0.05, 0.1) is 5.51 Å². The Kier molecular flexibility index (Phi) is 7.90. The summed E-state index contributed by atoms with van der Waals surface area (Å²) >= 11 is 1.67. The summed E-state index contributed by atoms with van der Waals surface area (Å²) < 4.78 is 0. The number of thiazole rings is 1. The molecule has 4 heteroatoms. The molecule has 1 aromatic carbocycles. The number of aryl methyl sites for hydroxylation is 1. The van der Waals surface area contributed by atoms with Gasteiger partial charge in [-0.3, -0.25) is 4.98 Å². The lowest BCUT2D eigenvalue weighted by Gasteiger charge is -1.82. The molecular formula is C11H13NO2S. The highest BCUT2D eigenvalue weighted by Crippen LogP contribution is 2.02. The molecule has 0 spiro atoms. The predicted molar refractivity (Wildman–Crippen MR) is 62.1 cm³/mol. The monoisotopic (exact) mass is 223 g/mol. The molecule has 0 fully saturated rings. The van der Waals surface area contributed by atoms with Gasteiger partial charge in [-0.15, -0.1) is 11.3 Å². The van der Waals surface area contributed by atoms with Gasteiger partial charge in [0.15, 0.2) is 0 Å². The lowest BCUT2D eigenvalue weighted by molar-refractivity contribution is -0.0979. The van der Waals surface area contributed by atoms with Crippen molar-refractivity contribution >= 4 is 18.1 Å². The number of carbonyl (C=O) groups excluding carboxylic acids is 1. The zero-order valence-corrected chi connectivity index (χ0v) is 9.28. The standard InChI is InChI=1S/C6H6O.C4H5NS.CH2O/c7-6-4-2-1-3-5-6;1-4-2-5-3-6-4;1-2/h1-5,7H;2-3H,1H3;1H2. The minimum Gasteiger partial charge on any atom is -0.508 e. The Hall–Kier alpha value is -1.68. The van der Waals surface area contributed by atoms with Gasteiger partial charge in [0.25, 0.3) is 0 Å². The van der Waals surface area contributed by atoms with Gasteiger partial charge >= 0.3 is 0 Å². The van der Waals surface area contributed by atoms with Crippen LogP contribution in [0, 0.1) is 6.92 Å². The average molecular weight is 223 g/mol. The molecule has 0 saturated carbocycles. The van der Waals surface area contributed by atoms with E-state index in [0.717, 1.165) is 0 Å². The van der Waals surface area contributed by atoms with Gasteiger partial charge in [0.2, 0.25) is 0 Å². The SMILES string of the molecule is C=O.Cc1cncs1.Oc1ccccc1. The van der Waals surface area contributed by atoms with Gasteiger partial charge in [-0.25, -0.2) is 0 Å². The largest absolute Gasteiger partial charge is 0.508 e. The van der Waals surface area contributed by atoms with E-state index in [0.29, 0.717) is 5.75 Å². The summed E-state index contributed by atoms with van der Waals surface area (Å²) in [5, 5.41) is 8.63. The van der Waals surface area contributed by atoms with Crippen LogP contribution in [0.3, 0.4) is 0 Å². The maximum absolute atomic E-state index is 8.63. The Morgan fingerprint density at radius 3 is 2.07 bits per heavy atom. The van der Waals surface area contributed by atoms with Crippen molar-refractivity contribution in [3.8, 4) is 5.75 Å². The molecule has 0 radical (unpaired) electrons. The number of rotatable bonds is 0. The third-order valence-corrected chi connectivity index (χ3v) is 2.02. The Balaban J connectivity index is 0.000000227. The molecule has 3 nitrogen and oxygen atoms in total. The first-order valence-corrected chi connectivity index (χ1v) is 5.05. The number of carbonyl (C=O) groups is 1. The quantitative estimate of drug-likeness (QED) is 0.747. The number of phenolic OH excluding ortho intramolecular Hbond substituents is 1. The summed E-state index contributed by atoms with van der Waals surface area (Å²) in [5.41, 5.74) is 1.83. The van der Waals surface area contributed by atoms with E-state index in [1.807, 2.05) is 31.5 Å². The lowest BCUT2D eigenvalue weighted by Crippen LogP contribution is -1.56. The van der Waals surface area contributed by atoms with E-state index in [-0.39, 0.29) is 0 Å². The van der Waals surface area contributed by atoms with Crippen molar-refractivity contribution in [2.45, 2.75) is 6.92 Å². The second kappa shape index (κ2) is 8.90. The van der Waals surface area contributed by atoms with Crippen LogP contribution in [-0.4, -0.2) is 16.9 Å². The van der Waals surface area contributed by atoms with Gasteiger partial charge in [-0.05, 0) is 19.1 Å². The summed E-state index contributed by atoms with van der Waals surface area (Å²) in [4.78, 5) is 13.1. The first-order valence-electron chi connectivity index (χ1n) is 4.17. The Morgan fingerprint density at radius 2 is 1.87 bits per heavy atom. The number of para-hydroxylation sites is 1. The van der Waals surface area contributed by atoms with Crippen LogP contribution in [0.1, 0.15) is 4.88 Å². The fraction of sp³-hybridized carbons (Fsp3) is 0.0909. The van der Waals surface area contributed by atoms with Crippen LogP contribution in [0.5, 0.6) is 5.75 Å². The van der Waals surface area contributed by atoms with E-state index in [1.54, 1.807) is 35.6 Å². The Morgan fingerprint density at radius 1 is 1.27 bits per heavy atom. The lowest BCUT2D eigenvalue weighted by atomic mass is 10.3. The summed E-state index contributed by atoms with van der Waals surface area (Å²) in [5.74, 6) is 0.322. The van der Waals surface area contributed by atoms with Crippen molar-refractivity contribution in [1.29, 1.82) is 0 Å². The van der Waals surface area contributed by atoms with Crippen LogP contribution in [0.2, 0.25) is 0 Å². The molecule has 0 aliphatic heterocycles. The molecule has 1 aromatic heterocycles. The highest BCUT2D eigenvalue weighted by Gasteiger charge is 1.76. The third kappa shape index (κ3) is 7.40. The maximum Gasteiger partial charge on any atom is 0.115 e. The number of hydrogen-bond acceptors (Lipinski definition) is 4. The van der Waals surface area contributed by atoms with Crippen molar-refractivity contribution < 1.29 is 9.90 Å². The number of aromatic nitrogens is 1. The van der Waals surface area contributed by atoms with Crippen LogP contribution in [0.4, 0.5) is 0 Å². The molecule has 2 rings (SSSR count). The fourth-order valence-corrected chi connectivity index (χ4v) is 1.12. The molecule has 0 aliphatic carbocycles. The van der Waals surface area contributed by atoms with Crippen LogP contribution < -0.4 is 0 Å². The molecular weight excluding hydrogens is 210 g/mol. The molecule has 0 unspecified atom stereocenters. The summed E-state index contributed by atoms with van der Waals surface area (Å²) in [6.45, 7) is 4.04. The number of phenols is 1. The van der Waals surface area contributed by atoms with Gasteiger partial charge in [-0.2, -0.15) is 0 Å². The average Bonchev–Trinajstić information content (AvgIpc) is 2.74. The minimum atomic E-state index is 0.322. The van der Waals surface area contributed by atoms with Gasteiger partial charge < -0.3 is 9.90 Å². The van der Waals surface area contributed by atoms with Crippen molar-refractivity contribution in [2.24, 2.45) is 0 Å². The van der Waals surface area contributed by atoms with E-state index in [1.165, 1.54) is 4.88 Å². The molecule has 0 aliphatic rings. The van der Waals surface area contributed by atoms with Crippen LogP contribution >= 0.6 is 11.3 Å². The highest BCUT2D eigenvalue weighted by atomic mass is 32.1. The second-order valence-electron chi connectivity index (χ2n) is 2.45. The van der Waals surface area contributed by atoms with Gasteiger partial charge in [-0.1, -0.05) is 18.2 Å². The predicted octanol–water partition coefficient (Wildman–Crippen LogP) is 2.66.